The first-order valence-corrected chi connectivity index (χ1v) is 11.7. The van der Waals surface area contributed by atoms with Crippen LogP contribution in [0, 0.1) is 13.8 Å². The number of benzene rings is 2. The van der Waals surface area contributed by atoms with Crippen molar-refractivity contribution in [3.05, 3.63) is 86.6 Å². The zero-order valence-electron chi connectivity index (χ0n) is 20.0. The largest absolute Gasteiger partial charge is 0.503 e. The number of Topliss-reactive ketones (excluding diaryl/α,β-unsaturated/α-hetero) is 1. The van der Waals surface area contributed by atoms with Crippen LogP contribution in [0.5, 0.6) is 0 Å². The van der Waals surface area contributed by atoms with Gasteiger partial charge < -0.3 is 14.7 Å². The third kappa shape index (κ3) is 4.30. The highest BCUT2D eigenvalue weighted by molar-refractivity contribution is 7.14. The Bertz CT molecular complexity index is 1340. The van der Waals surface area contributed by atoms with Crippen LogP contribution < -0.4 is 9.80 Å². The lowest BCUT2D eigenvalue weighted by atomic mass is 9.94. The van der Waals surface area contributed by atoms with E-state index in [1.54, 1.807) is 26.0 Å². The molecule has 35 heavy (non-hydrogen) atoms. The fourth-order valence-electron chi connectivity index (χ4n) is 4.11. The first kappa shape index (κ1) is 24.2. The number of thiazole rings is 1. The fraction of sp³-hybridized carbons (Fsp3) is 0.231. The molecular formula is C26H25N3O5S. The van der Waals surface area contributed by atoms with E-state index in [0.717, 1.165) is 10.7 Å². The molecule has 180 valence electrons. The lowest BCUT2D eigenvalue weighted by Gasteiger charge is -2.27. The minimum Gasteiger partial charge on any atom is -0.503 e. The van der Waals surface area contributed by atoms with Crippen LogP contribution in [0.3, 0.4) is 0 Å². The summed E-state index contributed by atoms with van der Waals surface area (Å²) < 4.78 is 4.75. The van der Waals surface area contributed by atoms with E-state index in [4.69, 9.17) is 4.74 Å². The van der Waals surface area contributed by atoms with Gasteiger partial charge in [-0.15, -0.1) is 11.3 Å². The number of carbonyl (C=O) groups excluding carboxylic acids is 3. The van der Waals surface area contributed by atoms with Gasteiger partial charge in [-0.2, -0.15) is 0 Å². The predicted octanol–water partition coefficient (Wildman–Crippen LogP) is 4.40. The van der Waals surface area contributed by atoms with Gasteiger partial charge >= 0.3 is 5.97 Å². The molecule has 1 aromatic heterocycles. The second-order valence-electron chi connectivity index (χ2n) is 8.34. The van der Waals surface area contributed by atoms with Crippen LogP contribution in [0.15, 0.2) is 59.9 Å². The highest BCUT2D eigenvalue weighted by atomic mass is 32.1. The van der Waals surface area contributed by atoms with E-state index in [2.05, 4.69) is 4.98 Å². The van der Waals surface area contributed by atoms with Gasteiger partial charge in [-0.05, 0) is 55.8 Å². The van der Waals surface area contributed by atoms with Crippen LogP contribution in [0.2, 0.25) is 0 Å². The average Bonchev–Trinajstić information content (AvgIpc) is 3.33. The van der Waals surface area contributed by atoms with Crippen LogP contribution in [0.1, 0.15) is 42.3 Å². The van der Waals surface area contributed by atoms with Gasteiger partial charge in [0.1, 0.15) is 0 Å². The van der Waals surface area contributed by atoms with Crippen molar-refractivity contribution >= 4 is 40.4 Å². The van der Waals surface area contributed by atoms with E-state index in [-0.39, 0.29) is 5.57 Å². The molecule has 1 amide bonds. The summed E-state index contributed by atoms with van der Waals surface area (Å²) in [6.07, 6.45) is 0. The van der Waals surface area contributed by atoms with Crippen molar-refractivity contribution in [1.82, 2.24) is 4.98 Å². The number of aryl methyl sites for hydroxylation is 2. The Balaban J connectivity index is 1.85. The summed E-state index contributed by atoms with van der Waals surface area (Å²) in [6, 6.07) is 12.8. The van der Waals surface area contributed by atoms with Crippen molar-refractivity contribution < 1.29 is 24.2 Å². The molecular weight excluding hydrogens is 466 g/mol. The molecule has 1 unspecified atom stereocenters. The Morgan fingerprint density at radius 1 is 1.06 bits per heavy atom. The highest BCUT2D eigenvalue weighted by Gasteiger charge is 2.45. The number of esters is 1. The normalized spacial score (nSPS) is 15.5. The first-order chi connectivity index (χ1) is 16.6. The van der Waals surface area contributed by atoms with E-state index in [0.29, 0.717) is 27.4 Å². The summed E-state index contributed by atoms with van der Waals surface area (Å²) in [5.41, 5.74) is 2.90. The van der Waals surface area contributed by atoms with Crippen molar-refractivity contribution in [2.75, 3.05) is 31.0 Å². The monoisotopic (exact) mass is 491 g/mol. The van der Waals surface area contributed by atoms with E-state index >= 15 is 0 Å². The number of methoxy groups -OCH3 is 1. The molecule has 0 radical (unpaired) electrons. The standard InChI is InChI=1S/C26H25N3O5S/c1-14-24(35-15(2)27-14)22(30)20-21(16-6-10-18(11-7-16)28(3)4)29(25(32)23(20)31)19-12-8-17(9-13-19)26(33)34-5/h6-13,21,31H,1-5H3. The maximum absolute atomic E-state index is 13.7. The minimum absolute atomic E-state index is 0.00334. The van der Waals surface area contributed by atoms with Crippen molar-refractivity contribution in [3.63, 3.8) is 0 Å². The van der Waals surface area contributed by atoms with E-state index < -0.39 is 29.5 Å². The number of carbonyl (C=O) groups is 3. The third-order valence-corrected chi connectivity index (χ3v) is 6.93. The predicted molar refractivity (Wildman–Crippen MR) is 134 cm³/mol. The molecule has 9 heteroatoms. The summed E-state index contributed by atoms with van der Waals surface area (Å²) >= 11 is 1.23. The molecule has 8 nitrogen and oxygen atoms in total. The molecule has 3 aromatic rings. The second-order valence-corrected chi connectivity index (χ2v) is 9.54. The molecule has 1 aliphatic heterocycles. The summed E-state index contributed by atoms with van der Waals surface area (Å²) in [5, 5.41) is 11.7. The van der Waals surface area contributed by atoms with Gasteiger partial charge in [0, 0.05) is 25.5 Å². The second kappa shape index (κ2) is 9.34. The average molecular weight is 492 g/mol. The number of aliphatic hydroxyl groups excluding tert-OH is 1. The molecule has 1 atom stereocenters. The Kier molecular flexibility index (Phi) is 6.45. The summed E-state index contributed by atoms with van der Waals surface area (Å²) in [7, 11) is 5.12. The van der Waals surface area contributed by atoms with Gasteiger partial charge in [-0.3, -0.25) is 14.5 Å². The number of rotatable bonds is 6. The highest BCUT2D eigenvalue weighted by Crippen LogP contribution is 2.43. The number of aliphatic hydroxyl groups is 1. The molecule has 0 spiro atoms. The molecule has 0 aliphatic carbocycles. The molecule has 1 N–H and O–H groups in total. The molecule has 2 aromatic carbocycles. The maximum Gasteiger partial charge on any atom is 0.337 e. The van der Waals surface area contributed by atoms with Crippen molar-refractivity contribution in [2.45, 2.75) is 19.9 Å². The van der Waals surface area contributed by atoms with Crippen molar-refractivity contribution in [3.8, 4) is 0 Å². The van der Waals surface area contributed by atoms with Gasteiger partial charge in [0.25, 0.3) is 5.91 Å². The molecule has 0 saturated heterocycles. The van der Waals surface area contributed by atoms with Crippen LogP contribution in [-0.4, -0.2) is 49.0 Å². The van der Waals surface area contributed by atoms with Gasteiger partial charge in [0.15, 0.2) is 5.76 Å². The van der Waals surface area contributed by atoms with Gasteiger partial charge in [-0.25, -0.2) is 9.78 Å². The van der Waals surface area contributed by atoms with Crippen molar-refractivity contribution in [1.29, 1.82) is 0 Å². The molecule has 0 fully saturated rings. The lowest BCUT2D eigenvalue weighted by Crippen LogP contribution is -2.31. The number of hydrogen-bond donors (Lipinski definition) is 1. The molecule has 0 saturated carbocycles. The number of nitrogens with zero attached hydrogens (tertiary/aromatic N) is 3. The molecule has 2 heterocycles. The smallest absolute Gasteiger partial charge is 0.337 e. The van der Waals surface area contributed by atoms with E-state index in [9.17, 15) is 19.5 Å². The Morgan fingerprint density at radius 3 is 2.20 bits per heavy atom. The van der Waals surface area contributed by atoms with Gasteiger partial charge in [0.05, 0.1) is 39.9 Å². The Hall–Kier alpha value is -3.98. The van der Waals surface area contributed by atoms with Crippen LogP contribution >= 0.6 is 11.3 Å². The maximum atomic E-state index is 13.7. The summed E-state index contributed by atoms with van der Waals surface area (Å²) in [6.45, 7) is 3.53. The number of hydrogen-bond acceptors (Lipinski definition) is 8. The van der Waals surface area contributed by atoms with Crippen molar-refractivity contribution in [2.24, 2.45) is 0 Å². The van der Waals surface area contributed by atoms with Crippen LogP contribution in [-0.2, 0) is 9.53 Å². The number of ketones is 1. The Morgan fingerprint density at radius 2 is 1.69 bits per heavy atom. The number of ether oxygens (including phenoxy) is 1. The summed E-state index contributed by atoms with van der Waals surface area (Å²) in [4.78, 5) is 46.9. The SMILES string of the molecule is COC(=O)c1ccc(N2C(=O)C(O)=C(C(=O)c3sc(C)nc3C)C2c2ccc(N(C)C)cc2)cc1. The first-order valence-electron chi connectivity index (χ1n) is 10.8. The zero-order valence-corrected chi connectivity index (χ0v) is 20.8. The zero-order chi connectivity index (χ0) is 25.4. The van der Waals surface area contributed by atoms with E-state index in [1.807, 2.05) is 43.3 Å². The summed E-state index contributed by atoms with van der Waals surface area (Å²) in [5.74, 6) is -2.23. The minimum atomic E-state index is -0.864. The fourth-order valence-corrected chi connectivity index (χ4v) is 4.99. The van der Waals surface area contributed by atoms with E-state index in [1.165, 1.54) is 35.5 Å². The Labute approximate surface area is 207 Å². The topological polar surface area (TPSA) is 100 Å². The quantitative estimate of drug-likeness (QED) is 0.403. The number of aromatic nitrogens is 1. The number of amides is 1. The third-order valence-electron chi connectivity index (χ3n) is 5.85. The van der Waals surface area contributed by atoms with Gasteiger partial charge in [0.2, 0.25) is 5.78 Å². The molecule has 1 aliphatic rings. The molecule has 0 bridgehead atoms. The van der Waals surface area contributed by atoms with Crippen LogP contribution in [0.4, 0.5) is 11.4 Å². The lowest BCUT2D eigenvalue weighted by molar-refractivity contribution is -0.117. The number of anilines is 2. The van der Waals surface area contributed by atoms with Gasteiger partial charge in [-0.1, -0.05) is 12.1 Å². The van der Waals surface area contributed by atoms with Crippen LogP contribution in [0.25, 0.3) is 0 Å². The molecule has 4 rings (SSSR count).